The Balaban J connectivity index is 0.00000392. The van der Waals surface area contributed by atoms with Crippen molar-refractivity contribution in [3.8, 4) is 33.6 Å². The quantitative estimate of drug-likeness (QED) is 0.166. The van der Waals surface area contributed by atoms with Crippen LogP contribution < -0.4 is 0 Å². The van der Waals surface area contributed by atoms with Crippen LogP contribution in [0.15, 0.2) is 128 Å². The zero-order valence-corrected chi connectivity index (χ0v) is 31.6. The normalized spacial score (nSPS) is 13.4. The molecule has 1 aliphatic rings. The second-order valence-corrected chi connectivity index (χ2v) is 15.2. The molecule has 248 valence electrons. The van der Waals surface area contributed by atoms with E-state index in [-0.39, 0.29) is 31.9 Å². The fourth-order valence-electron chi connectivity index (χ4n) is 7.40. The molecule has 0 saturated heterocycles. The molecule has 8 rings (SSSR count). The molecule has 0 saturated carbocycles. The summed E-state index contributed by atoms with van der Waals surface area (Å²) in [6.45, 7) is 13.4. The number of rotatable bonds is 4. The van der Waals surface area contributed by atoms with E-state index in [1.54, 1.807) is 0 Å². The summed E-state index contributed by atoms with van der Waals surface area (Å²) in [7, 11) is 0. The molecule has 1 aliphatic carbocycles. The van der Waals surface area contributed by atoms with Crippen molar-refractivity contribution in [3.05, 3.63) is 173 Å². The van der Waals surface area contributed by atoms with Gasteiger partial charge >= 0.3 is 21.1 Å². The predicted octanol–water partition coefficient (Wildman–Crippen LogP) is 10.9. The van der Waals surface area contributed by atoms with Crippen molar-refractivity contribution in [1.29, 1.82) is 0 Å². The van der Waals surface area contributed by atoms with E-state index < -0.39 is 5.41 Å². The molecule has 0 aliphatic heterocycles. The Morgan fingerprint density at radius 2 is 1.12 bits per heavy atom. The monoisotopic (exact) mass is 828 g/mol. The van der Waals surface area contributed by atoms with Crippen LogP contribution in [0.1, 0.15) is 74.9 Å². The topological polar surface area (TPSA) is 38.7 Å². The van der Waals surface area contributed by atoms with Gasteiger partial charge in [-0.05, 0) is 73.2 Å². The van der Waals surface area contributed by atoms with Gasteiger partial charge in [-0.1, -0.05) is 120 Å². The maximum absolute atomic E-state index is 4.94. The van der Waals surface area contributed by atoms with E-state index >= 15 is 0 Å². The molecule has 3 nitrogen and oxygen atoms in total. The number of pyridine rings is 3. The Morgan fingerprint density at radius 1 is 0.520 bits per heavy atom. The average molecular weight is 829 g/mol. The molecule has 3 heterocycles. The van der Waals surface area contributed by atoms with Crippen molar-refractivity contribution in [2.45, 2.75) is 57.8 Å². The summed E-state index contributed by atoms with van der Waals surface area (Å²) in [5.74, 6) is 0. The van der Waals surface area contributed by atoms with E-state index in [0.29, 0.717) is 0 Å². The van der Waals surface area contributed by atoms with Gasteiger partial charge in [0.25, 0.3) is 0 Å². The van der Waals surface area contributed by atoms with Crippen molar-refractivity contribution in [2.24, 2.45) is 0 Å². The summed E-state index contributed by atoms with van der Waals surface area (Å²) in [4.78, 5) is 14.7. The molecule has 0 N–H and O–H groups in total. The maximum Gasteiger partial charge on any atom is 2.00 e. The van der Waals surface area contributed by atoms with Gasteiger partial charge in [0.15, 0.2) is 0 Å². The molecule has 0 radical (unpaired) electrons. The van der Waals surface area contributed by atoms with E-state index in [2.05, 4.69) is 157 Å². The van der Waals surface area contributed by atoms with Crippen molar-refractivity contribution >= 4 is 10.9 Å². The minimum absolute atomic E-state index is 0. The number of hydrogen-bond donors (Lipinski definition) is 0. The summed E-state index contributed by atoms with van der Waals surface area (Å²) in [5.41, 5.74) is 13.2. The van der Waals surface area contributed by atoms with Crippen LogP contribution in [0.2, 0.25) is 0 Å². The van der Waals surface area contributed by atoms with Gasteiger partial charge in [-0.3, -0.25) is 4.98 Å². The number of aromatic nitrogens is 3. The van der Waals surface area contributed by atoms with E-state index in [9.17, 15) is 0 Å². The number of nitrogens with zero attached hydrogens (tertiary/aromatic N) is 3. The molecular formula is C46H39N3Pt. The van der Waals surface area contributed by atoms with Gasteiger partial charge in [-0.25, -0.2) is 0 Å². The first-order chi connectivity index (χ1) is 23.5. The van der Waals surface area contributed by atoms with Gasteiger partial charge in [0.05, 0.1) is 0 Å². The molecule has 0 fully saturated rings. The van der Waals surface area contributed by atoms with Gasteiger partial charge in [0.2, 0.25) is 0 Å². The number of benzene rings is 4. The van der Waals surface area contributed by atoms with Gasteiger partial charge in [-0.2, -0.15) is 0 Å². The molecule has 0 bridgehead atoms. The molecule has 7 aromatic rings. The molecule has 4 heteroatoms. The molecule has 0 atom stereocenters. The fourth-order valence-corrected chi connectivity index (χ4v) is 7.40. The van der Waals surface area contributed by atoms with Crippen LogP contribution in [0.3, 0.4) is 0 Å². The number of fused-ring (bicyclic) bond motifs is 4. The summed E-state index contributed by atoms with van der Waals surface area (Å²) in [6, 6.07) is 47.0. The van der Waals surface area contributed by atoms with Gasteiger partial charge < -0.3 is 9.97 Å². The first kappa shape index (κ1) is 33.8. The maximum atomic E-state index is 4.94. The van der Waals surface area contributed by atoms with E-state index in [4.69, 9.17) is 15.0 Å². The molecule has 4 aromatic carbocycles. The van der Waals surface area contributed by atoms with Crippen LogP contribution in [0.5, 0.6) is 0 Å². The van der Waals surface area contributed by atoms with Crippen LogP contribution in [0.25, 0.3) is 44.5 Å². The predicted molar refractivity (Wildman–Crippen MR) is 201 cm³/mol. The third-order valence-corrected chi connectivity index (χ3v) is 9.99. The first-order valence-electron chi connectivity index (χ1n) is 17.0. The minimum atomic E-state index is -0.715. The summed E-state index contributed by atoms with van der Waals surface area (Å²) >= 11 is 0. The van der Waals surface area contributed by atoms with Crippen molar-refractivity contribution in [2.75, 3.05) is 0 Å². The van der Waals surface area contributed by atoms with Gasteiger partial charge in [0, 0.05) is 24.0 Å². The third-order valence-electron chi connectivity index (χ3n) is 9.99. The molecule has 50 heavy (non-hydrogen) atoms. The minimum Gasteiger partial charge on any atom is -0.305 e. The molecule has 0 unspecified atom stereocenters. The standard InChI is InChI=1S/C46H39N3.Pt/c1-44(2,3)31-20-23-48-41(27-31)30-13-11-14-33(25-30)46(39-18-9-7-15-35(39)36-16-8-10-19-40(36)46)34-26-38(37-17-12-22-47-42(37)29-34)43-28-32(21-24-49-43)45(4,5)6;/h7-24,27-29H,1-6H3;/q-2;+2. The number of hydrogen-bond acceptors (Lipinski definition) is 3. The average Bonchev–Trinajstić information content (AvgIpc) is 3.42. The van der Waals surface area contributed by atoms with Crippen molar-refractivity contribution in [1.82, 2.24) is 15.0 Å². The van der Waals surface area contributed by atoms with Crippen LogP contribution in [-0.4, -0.2) is 15.0 Å². The van der Waals surface area contributed by atoms with Gasteiger partial charge in [-0.15, -0.1) is 58.7 Å². The fraction of sp³-hybridized carbons (Fsp3) is 0.196. The second-order valence-electron chi connectivity index (χ2n) is 15.2. The third kappa shape index (κ3) is 5.53. The summed E-state index contributed by atoms with van der Waals surface area (Å²) in [5, 5.41) is 1.03. The van der Waals surface area contributed by atoms with E-state index in [0.717, 1.165) is 44.5 Å². The Hall–Kier alpha value is -4.72. The van der Waals surface area contributed by atoms with Crippen LogP contribution in [0, 0.1) is 12.1 Å². The van der Waals surface area contributed by atoms with Crippen LogP contribution in [-0.2, 0) is 37.3 Å². The zero-order chi connectivity index (χ0) is 34.0. The molecular weight excluding hydrogens is 790 g/mol. The SMILES string of the molecule is CC(C)(C)c1ccnc(-c2[c-]c(C3(c4[c-]c(-c5cc(C(C)(C)C)ccn5)c5cccnc5c4)c4ccccc4-c4ccccc43)ccc2)c1.[Pt+2]. The van der Waals surface area contributed by atoms with Gasteiger partial charge in [0.1, 0.15) is 0 Å². The zero-order valence-electron chi connectivity index (χ0n) is 29.3. The molecule has 0 amide bonds. The Morgan fingerprint density at radius 3 is 1.76 bits per heavy atom. The van der Waals surface area contributed by atoms with Crippen LogP contribution in [0.4, 0.5) is 0 Å². The largest absolute Gasteiger partial charge is 2.00 e. The van der Waals surface area contributed by atoms with Crippen molar-refractivity contribution < 1.29 is 21.1 Å². The Labute approximate surface area is 310 Å². The van der Waals surface area contributed by atoms with E-state index in [1.165, 1.54) is 33.4 Å². The second kappa shape index (κ2) is 12.6. The van der Waals surface area contributed by atoms with E-state index in [1.807, 2.05) is 24.7 Å². The summed E-state index contributed by atoms with van der Waals surface area (Å²) < 4.78 is 0. The van der Waals surface area contributed by atoms with Crippen LogP contribution >= 0.6 is 0 Å². The smallest absolute Gasteiger partial charge is 0.305 e. The first-order valence-corrected chi connectivity index (χ1v) is 17.0. The molecule has 0 spiro atoms. The van der Waals surface area contributed by atoms with Crippen molar-refractivity contribution in [3.63, 3.8) is 0 Å². The molecule has 3 aromatic heterocycles. The Bertz CT molecular complexity index is 2330. The summed E-state index contributed by atoms with van der Waals surface area (Å²) in [6.07, 6.45) is 5.71. The Kier molecular flexibility index (Phi) is 8.48.